The molecule has 0 saturated heterocycles. The van der Waals surface area contributed by atoms with E-state index in [1.165, 1.54) is 11.1 Å². The van der Waals surface area contributed by atoms with Gasteiger partial charge in [-0.25, -0.2) is 9.67 Å². The number of hydrogen-bond acceptors (Lipinski definition) is 3. The number of nitrogens with zero attached hydrogens (tertiary/aromatic N) is 3. The SMILES string of the molecule is CCc1ccc(Cn2cnc(C(N)=S)n2)cc1. The summed E-state index contributed by atoms with van der Waals surface area (Å²) in [7, 11) is 0. The van der Waals surface area contributed by atoms with Crippen LogP contribution >= 0.6 is 12.2 Å². The van der Waals surface area contributed by atoms with Gasteiger partial charge in [0.05, 0.1) is 6.54 Å². The minimum Gasteiger partial charge on any atom is -0.387 e. The highest BCUT2D eigenvalue weighted by atomic mass is 32.1. The lowest BCUT2D eigenvalue weighted by molar-refractivity contribution is 0.683. The smallest absolute Gasteiger partial charge is 0.208 e. The number of rotatable bonds is 4. The molecular formula is C12H14N4S. The molecule has 88 valence electrons. The zero-order chi connectivity index (χ0) is 12.3. The summed E-state index contributed by atoms with van der Waals surface area (Å²) < 4.78 is 1.73. The fourth-order valence-corrected chi connectivity index (χ4v) is 1.64. The fraction of sp³-hybridized carbons (Fsp3) is 0.250. The van der Waals surface area contributed by atoms with Crippen molar-refractivity contribution in [2.24, 2.45) is 5.73 Å². The third-order valence-corrected chi connectivity index (χ3v) is 2.72. The van der Waals surface area contributed by atoms with Gasteiger partial charge < -0.3 is 5.73 Å². The van der Waals surface area contributed by atoms with Gasteiger partial charge in [0.15, 0.2) is 0 Å². The van der Waals surface area contributed by atoms with Crippen molar-refractivity contribution in [3.63, 3.8) is 0 Å². The highest BCUT2D eigenvalue weighted by Gasteiger charge is 2.03. The van der Waals surface area contributed by atoms with E-state index < -0.39 is 0 Å². The van der Waals surface area contributed by atoms with Gasteiger partial charge in [0.25, 0.3) is 0 Å². The predicted octanol–water partition coefficient (Wildman–Crippen LogP) is 1.52. The Morgan fingerprint density at radius 1 is 1.29 bits per heavy atom. The van der Waals surface area contributed by atoms with Crippen molar-refractivity contribution in [1.82, 2.24) is 14.8 Å². The largest absolute Gasteiger partial charge is 0.387 e. The molecule has 1 heterocycles. The van der Waals surface area contributed by atoms with E-state index in [0.29, 0.717) is 12.4 Å². The number of thiocarbonyl (C=S) groups is 1. The van der Waals surface area contributed by atoms with E-state index in [1.54, 1.807) is 11.0 Å². The van der Waals surface area contributed by atoms with Gasteiger partial charge in [-0.15, -0.1) is 5.10 Å². The average molecular weight is 246 g/mol. The molecule has 0 amide bonds. The maximum absolute atomic E-state index is 5.45. The van der Waals surface area contributed by atoms with Crippen LogP contribution in [-0.2, 0) is 13.0 Å². The summed E-state index contributed by atoms with van der Waals surface area (Å²) in [6.45, 7) is 2.82. The molecule has 0 unspecified atom stereocenters. The molecule has 0 aliphatic rings. The number of aromatic nitrogens is 3. The van der Waals surface area contributed by atoms with Crippen molar-refractivity contribution >= 4 is 17.2 Å². The molecule has 4 nitrogen and oxygen atoms in total. The molecule has 1 aromatic carbocycles. The summed E-state index contributed by atoms with van der Waals surface area (Å²) in [5, 5.41) is 4.19. The molecule has 2 aromatic rings. The molecule has 0 radical (unpaired) electrons. The lowest BCUT2D eigenvalue weighted by Gasteiger charge is -2.02. The summed E-state index contributed by atoms with van der Waals surface area (Å²) in [4.78, 5) is 4.26. The quantitative estimate of drug-likeness (QED) is 0.831. The van der Waals surface area contributed by atoms with Crippen LogP contribution < -0.4 is 5.73 Å². The summed E-state index contributed by atoms with van der Waals surface area (Å²) in [5.74, 6) is 0.421. The van der Waals surface area contributed by atoms with Crippen molar-refractivity contribution in [2.45, 2.75) is 19.9 Å². The van der Waals surface area contributed by atoms with Crippen LogP contribution in [0.1, 0.15) is 23.9 Å². The van der Waals surface area contributed by atoms with Gasteiger partial charge >= 0.3 is 0 Å². The highest BCUT2D eigenvalue weighted by molar-refractivity contribution is 7.80. The molecule has 0 saturated carbocycles. The van der Waals surface area contributed by atoms with Crippen molar-refractivity contribution < 1.29 is 0 Å². The van der Waals surface area contributed by atoms with E-state index in [1.807, 2.05) is 0 Å². The maximum atomic E-state index is 5.45. The van der Waals surface area contributed by atoms with Crippen LogP contribution in [0.2, 0.25) is 0 Å². The van der Waals surface area contributed by atoms with Crippen LogP contribution in [0.3, 0.4) is 0 Å². The van der Waals surface area contributed by atoms with Crippen molar-refractivity contribution in [1.29, 1.82) is 0 Å². The molecule has 2 N–H and O–H groups in total. The molecule has 0 atom stereocenters. The first kappa shape index (κ1) is 11.7. The molecule has 0 bridgehead atoms. The average Bonchev–Trinajstić information content (AvgIpc) is 2.79. The zero-order valence-corrected chi connectivity index (χ0v) is 10.4. The first-order chi connectivity index (χ1) is 8.19. The molecule has 0 spiro atoms. The van der Waals surface area contributed by atoms with E-state index in [4.69, 9.17) is 18.0 Å². The topological polar surface area (TPSA) is 56.7 Å². The van der Waals surface area contributed by atoms with Gasteiger partial charge in [-0.05, 0) is 17.5 Å². The molecule has 5 heteroatoms. The second kappa shape index (κ2) is 5.05. The second-order valence-electron chi connectivity index (χ2n) is 3.80. The lowest BCUT2D eigenvalue weighted by Crippen LogP contribution is -2.12. The fourth-order valence-electron chi connectivity index (χ4n) is 1.55. The lowest BCUT2D eigenvalue weighted by atomic mass is 10.1. The van der Waals surface area contributed by atoms with Crippen molar-refractivity contribution in [3.05, 3.63) is 47.5 Å². The maximum Gasteiger partial charge on any atom is 0.208 e. The van der Waals surface area contributed by atoms with Crippen LogP contribution in [0.4, 0.5) is 0 Å². The van der Waals surface area contributed by atoms with Gasteiger partial charge in [-0.3, -0.25) is 0 Å². The van der Waals surface area contributed by atoms with E-state index in [0.717, 1.165) is 6.42 Å². The summed E-state index contributed by atoms with van der Waals surface area (Å²) in [6, 6.07) is 8.45. The molecule has 17 heavy (non-hydrogen) atoms. The summed E-state index contributed by atoms with van der Waals surface area (Å²) in [6.07, 6.45) is 2.69. The van der Waals surface area contributed by atoms with Crippen LogP contribution in [0.15, 0.2) is 30.6 Å². The van der Waals surface area contributed by atoms with Gasteiger partial charge in [0.1, 0.15) is 11.3 Å². The van der Waals surface area contributed by atoms with Crippen LogP contribution in [0, 0.1) is 0 Å². The van der Waals surface area contributed by atoms with Crippen LogP contribution in [0.25, 0.3) is 0 Å². The van der Waals surface area contributed by atoms with Gasteiger partial charge in [0, 0.05) is 0 Å². The van der Waals surface area contributed by atoms with E-state index in [-0.39, 0.29) is 4.99 Å². The monoisotopic (exact) mass is 246 g/mol. The summed E-state index contributed by atoms with van der Waals surface area (Å²) in [5.41, 5.74) is 7.96. The first-order valence-electron chi connectivity index (χ1n) is 5.46. The van der Waals surface area contributed by atoms with E-state index in [2.05, 4.69) is 41.3 Å². The van der Waals surface area contributed by atoms with E-state index >= 15 is 0 Å². The van der Waals surface area contributed by atoms with Crippen molar-refractivity contribution in [3.8, 4) is 0 Å². The molecule has 0 aliphatic heterocycles. The normalized spacial score (nSPS) is 10.4. The Balaban J connectivity index is 2.11. The third kappa shape index (κ3) is 2.88. The molecule has 1 aromatic heterocycles. The second-order valence-corrected chi connectivity index (χ2v) is 4.24. The minimum absolute atomic E-state index is 0.227. The Labute approximate surface area is 105 Å². The number of benzene rings is 1. The predicted molar refractivity (Wildman–Crippen MR) is 70.8 cm³/mol. The molecule has 0 aliphatic carbocycles. The van der Waals surface area contributed by atoms with Crippen LogP contribution in [-0.4, -0.2) is 19.8 Å². The zero-order valence-electron chi connectivity index (χ0n) is 9.63. The Bertz CT molecular complexity index is 516. The Morgan fingerprint density at radius 3 is 2.47 bits per heavy atom. The number of aryl methyl sites for hydroxylation is 1. The third-order valence-electron chi connectivity index (χ3n) is 2.53. The molecule has 0 fully saturated rings. The van der Waals surface area contributed by atoms with Crippen LogP contribution in [0.5, 0.6) is 0 Å². The number of nitrogens with two attached hydrogens (primary N) is 1. The summed E-state index contributed by atoms with van der Waals surface area (Å²) >= 11 is 4.81. The Hall–Kier alpha value is -1.75. The molecule has 2 rings (SSSR count). The first-order valence-corrected chi connectivity index (χ1v) is 5.87. The standard InChI is InChI=1S/C12H14N4S/c1-2-9-3-5-10(6-4-9)7-16-8-14-12(15-16)11(13)17/h3-6,8H,2,7H2,1H3,(H2,13,17). The number of hydrogen-bond donors (Lipinski definition) is 1. The Kier molecular flexibility index (Phi) is 3.49. The van der Waals surface area contributed by atoms with Gasteiger partial charge in [0.2, 0.25) is 5.82 Å². The minimum atomic E-state index is 0.227. The molecular weight excluding hydrogens is 232 g/mol. The van der Waals surface area contributed by atoms with Gasteiger partial charge in [-0.2, -0.15) is 0 Å². The van der Waals surface area contributed by atoms with Crippen molar-refractivity contribution in [2.75, 3.05) is 0 Å². The van der Waals surface area contributed by atoms with Gasteiger partial charge in [-0.1, -0.05) is 43.4 Å². The Morgan fingerprint density at radius 2 is 1.94 bits per heavy atom. The van der Waals surface area contributed by atoms with E-state index in [9.17, 15) is 0 Å². The highest BCUT2D eigenvalue weighted by Crippen LogP contribution is 2.06.